The highest BCUT2D eigenvalue weighted by molar-refractivity contribution is 6.00. The summed E-state index contributed by atoms with van der Waals surface area (Å²) in [5, 5.41) is 0. The number of aromatic amines is 1. The Morgan fingerprint density at radius 3 is 2.60 bits per heavy atom. The Morgan fingerprint density at radius 2 is 2.00 bits per heavy atom. The fourth-order valence-electron chi connectivity index (χ4n) is 2.96. The molecule has 3 heterocycles. The van der Waals surface area contributed by atoms with Crippen LogP contribution in [-0.4, -0.2) is 53.0 Å². The number of esters is 1. The van der Waals surface area contributed by atoms with Crippen LogP contribution in [0.1, 0.15) is 39.0 Å². The zero-order chi connectivity index (χ0) is 18.0. The molecule has 7 nitrogen and oxygen atoms in total. The van der Waals surface area contributed by atoms with Gasteiger partial charge in [-0.25, -0.2) is 4.79 Å². The number of methoxy groups -OCH3 is 1. The predicted octanol–water partition coefficient (Wildman–Crippen LogP) is 1.97. The highest BCUT2D eigenvalue weighted by Crippen LogP contribution is 2.24. The van der Waals surface area contributed by atoms with E-state index in [0.717, 1.165) is 11.4 Å². The van der Waals surface area contributed by atoms with E-state index in [4.69, 9.17) is 9.47 Å². The lowest BCUT2D eigenvalue weighted by Gasteiger charge is -2.38. The van der Waals surface area contributed by atoms with Crippen molar-refractivity contribution in [3.63, 3.8) is 0 Å². The number of likely N-dealkylation sites (tertiary alicyclic amines) is 1. The molecular formula is C18H21N3O4. The Morgan fingerprint density at radius 1 is 1.32 bits per heavy atom. The lowest BCUT2D eigenvalue weighted by Crippen LogP contribution is -2.56. The van der Waals surface area contributed by atoms with E-state index in [9.17, 15) is 9.59 Å². The standard InChI is InChI=1S/C18H21N3O4/c1-4-14-15(18(23)24-3)11(2)16(20-14)17(22)21-9-13(10-21)25-12-5-7-19-8-6-12/h5-8,13,20H,4,9-10H2,1-3H3. The Bertz CT molecular complexity index is 779. The maximum atomic E-state index is 12.7. The molecule has 7 heteroatoms. The van der Waals surface area contributed by atoms with Crippen LogP contribution in [-0.2, 0) is 11.2 Å². The molecule has 0 spiro atoms. The summed E-state index contributed by atoms with van der Waals surface area (Å²) < 4.78 is 10.6. The van der Waals surface area contributed by atoms with E-state index >= 15 is 0 Å². The summed E-state index contributed by atoms with van der Waals surface area (Å²) in [5.74, 6) is 0.188. The van der Waals surface area contributed by atoms with Gasteiger partial charge in [0, 0.05) is 18.1 Å². The maximum Gasteiger partial charge on any atom is 0.339 e. The summed E-state index contributed by atoms with van der Waals surface area (Å²) in [6, 6.07) is 3.57. The Kier molecular flexibility index (Phi) is 4.74. The minimum atomic E-state index is -0.424. The lowest BCUT2D eigenvalue weighted by molar-refractivity contribution is 0.0173. The Balaban J connectivity index is 1.69. The van der Waals surface area contributed by atoms with Gasteiger partial charge in [0.05, 0.1) is 25.8 Å². The van der Waals surface area contributed by atoms with E-state index in [0.29, 0.717) is 36.3 Å². The van der Waals surface area contributed by atoms with Gasteiger partial charge in [-0.15, -0.1) is 0 Å². The van der Waals surface area contributed by atoms with Gasteiger partial charge in [-0.3, -0.25) is 9.78 Å². The number of carbonyl (C=O) groups is 2. The van der Waals surface area contributed by atoms with Gasteiger partial charge in [-0.2, -0.15) is 0 Å². The van der Waals surface area contributed by atoms with Crippen LogP contribution in [0, 0.1) is 6.92 Å². The summed E-state index contributed by atoms with van der Waals surface area (Å²) in [6.07, 6.45) is 3.92. The fourth-order valence-corrected chi connectivity index (χ4v) is 2.96. The van der Waals surface area contributed by atoms with Crippen molar-refractivity contribution in [3.8, 4) is 5.75 Å². The number of rotatable bonds is 5. The van der Waals surface area contributed by atoms with Gasteiger partial charge >= 0.3 is 5.97 Å². The van der Waals surface area contributed by atoms with Crippen LogP contribution in [0.2, 0.25) is 0 Å². The third-order valence-corrected chi connectivity index (χ3v) is 4.37. The highest BCUT2D eigenvalue weighted by atomic mass is 16.5. The number of carbonyl (C=O) groups excluding carboxylic acids is 2. The van der Waals surface area contributed by atoms with Crippen molar-refractivity contribution >= 4 is 11.9 Å². The van der Waals surface area contributed by atoms with Gasteiger partial charge in [-0.05, 0) is 31.0 Å². The van der Waals surface area contributed by atoms with Crippen molar-refractivity contribution < 1.29 is 19.1 Å². The number of hydrogen-bond donors (Lipinski definition) is 1. The Labute approximate surface area is 146 Å². The lowest BCUT2D eigenvalue weighted by atomic mass is 10.1. The number of aryl methyl sites for hydroxylation is 1. The summed E-state index contributed by atoms with van der Waals surface area (Å²) in [4.78, 5) is 33.4. The first-order chi connectivity index (χ1) is 12.0. The van der Waals surface area contributed by atoms with E-state index in [1.165, 1.54) is 7.11 Å². The van der Waals surface area contributed by atoms with Gasteiger partial charge < -0.3 is 19.4 Å². The molecule has 0 aliphatic carbocycles. The minimum Gasteiger partial charge on any atom is -0.487 e. The largest absolute Gasteiger partial charge is 0.487 e. The number of hydrogen-bond acceptors (Lipinski definition) is 5. The van der Waals surface area contributed by atoms with Crippen molar-refractivity contribution in [2.75, 3.05) is 20.2 Å². The third kappa shape index (κ3) is 3.22. The number of aromatic nitrogens is 2. The summed E-state index contributed by atoms with van der Waals surface area (Å²) in [5.41, 5.74) is 2.25. The molecule has 1 amide bonds. The topological polar surface area (TPSA) is 84.5 Å². The van der Waals surface area contributed by atoms with E-state index in [1.807, 2.05) is 6.92 Å². The monoisotopic (exact) mass is 343 g/mol. The van der Waals surface area contributed by atoms with E-state index < -0.39 is 5.97 Å². The predicted molar refractivity (Wildman–Crippen MR) is 90.8 cm³/mol. The van der Waals surface area contributed by atoms with Crippen molar-refractivity contribution in [2.24, 2.45) is 0 Å². The summed E-state index contributed by atoms with van der Waals surface area (Å²) >= 11 is 0. The minimum absolute atomic E-state index is 0.0349. The van der Waals surface area contributed by atoms with Crippen molar-refractivity contribution in [3.05, 3.63) is 47.0 Å². The molecule has 1 fully saturated rings. The van der Waals surface area contributed by atoms with Gasteiger partial charge in [0.2, 0.25) is 0 Å². The molecule has 0 radical (unpaired) electrons. The highest BCUT2D eigenvalue weighted by Gasteiger charge is 2.35. The molecule has 3 rings (SSSR count). The molecule has 1 saturated heterocycles. The number of ether oxygens (including phenoxy) is 2. The molecule has 2 aromatic rings. The molecule has 1 aliphatic rings. The quantitative estimate of drug-likeness (QED) is 0.839. The average Bonchev–Trinajstić information content (AvgIpc) is 2.94. The first kappa shape index (κ1) is 17.0. The number of H-pyrrole nitrogens is 1. The molecule has 0 atom stereocenters. The van der Waals surface area contributed by atoms with Gasteiger partial charge in [-0.1, -0.05) is 6.92 Å². The van der Waals surface area contributed by atoms with Crippen LogP contribution in [0.5, 0.6) is 5.75 Å². The molecule has 25 heavy (non-hydrogen) atoms. The second-order valence-electron chi connectivity index (χ2n) is 5.96. The molecule has 0 aromatic carbocycles. The van der Waals surface area contributed by atoms with Crippen molar-refractivity contribution in [2.45, 2.75) is 26.4 Å². The van der Waals surface area contributed by atoms with Crippen LogP contribution in [0.4, 0.5) is 0 Å². The summed E-state index contributed by atoms with van der Waals surface area (Å²) in [7, 11) is 1.34. The zero-order valence-corrected chi connectivity index (χ0v) is 14.5. The first-order valence-corrected chi connectivity index (χ1v) is 8.20. The van der Waals surface area contributed by atoms with Crippen molar-refractivity contribution in [1.82, 2.24) is 14.9 Å². The van der Waals surface area contributed by atoms with Crippen LogP contribution >= 0.6 is 0 Å². The van der Waals surface area contributed by atoms with Crippen LogP contribution in [0.15, 0.2) is 24.5 Å². The van der Waals surface area contributed by atoms with Gasteiger partial charge in [0.25, 0.3) is 5.91 Å². The molecule has 0 saturated carbocycles. The van der Waals surface area contributed by atoms with Crippen LogP contribution in [0.25, 0.3) is 0 Å². The summed E-state index contributed by atoms with van der Waals surface area (Å²) in [6.45, 7) is 4.71. The van der Waals surface area contributed by atoms with Gasteiger partial charge in [0.1, 0.15) is 17.5 Å². The molecule has 2 aromatic heterocycles. The molecule has 0 unspecified atom stereocenters. The van der Waals surface area contributed by atoms with Crippen molar-refractivity contribution in [1.29, 1.82) is 0 Å². The van der Waals surface area contributed by atoms with E-state index in [-0.39, 0.29) is 12.0 Å². The average molecular weight is 343 g/mol. The molecule has 1 aliphatic heterocycles. The number of amides is 1. The molecular weight excluding hydrogens is 322 g/mol. The second kappa shape index (κ2) is 6.96. The smallest absolute Gasteiger partial charge is 0.339 e. The van der Waals surface area contributed by atoms with E-state index in [1.54, 1.807) is 36.4 Å². The molecule has 1 N–H and O–H groups in total. The second-order valence-corrected chi connectivity index (χ2v) is 5.96. The van der Waals surface area contributed by atoms with E-state index in [2.05, 4.69) is 9.97 Å². The van der Waals surface area contributed by atoms with Gasteiger partial charge in [0.15, 0.2) is 0 Å². The number of nitrogens with zero attached hydrogens (tertiary/aromatic N) is 2. The Hall–Kier alpha value is -2.83. The van der Waals surface area contributed by atoms with Crippen LogP contribution < -0.4 is 4.74 Å². The molecule has 0 bridgehead atoms. The maximum absolute atomic E-state index is 12.7. The molecule has 132 valence electrons. The SMILES string of the molecule is CCc1[nH]c(C(=O)N2CC(Oc3ccncc3)C2)c(C)c1C(=O)OC. The number of pyridine rings is 1. The normalized spacial score (nSPS) is 14.1. The zero-order valence-electron chi connectivity index (χ0n) is 14.5. The fraction of sp³-hybridized carbons (Fsp3) is 0.389. The number of nitrogens with one attached hydrogen (secondary N) is 1. The third-order valence-electron chi connectivity index (χ3n) is 4.37. The van der Waals surface area contributed by atoms with Crippen LogP contribution in [0.3, 0.4) is 0 Å². The first-order valence-electron chi connectivity index (χ1n) is 8.20.